The number of hydrogen-bond donors (Lipinski definition) is 1. The van der Waals surface area contributed by atoms with Crippen molar-refractivity contribution in [3.63, 3.8) is 0 Å². The van der Waals surface area contributed by atoms with Crippen molar-refractivity contribution < 1.29 is 18.8 Å². The first-order valence-electron chi connectivity index (χ1n) is 6.36. The smallest absolute Gasteiger partial charge is 0.299 e. The van der Waals surface area contributed by atoms with E-state index in [4.69, 9.17) is 0 Å². The summed E-state index contributed by atoms with van der Waals surface area (Å²) in [6, 6.07) is 3.97. The lowest BCUT2D eigenvalue weighted by Crippen LogP contribution is -2.36. The first-order chi connectivity index (χ1) is 9.41. The lowest BCUT2D eigenvalue weighted by Gasteiger charge is -2.17. The Labute approximate surface area is 115 Å². The molecular formula is C14H15FN2O3. The fraction of sp³-hybridized carbons (Fsp3) is 0.357. The van der Waals surface area contributed by atoms with Crippen LogP contribution in [0.15, 0.2) is 18.2 Å². The molecule has 1 N–H and O–H groups in total. The first kappa shape index (κ1) is 14.2. The molecule has 0 bridgehead atoms. The topological polar surface area (TPSA) is 66.5 Å². The molecule has 0 fully saturated rings. The molecule has 2 rings (SSSR count). The van der Waals surface area contributed by atoms with Crippen molar-refractivity contribution in [2.45, 2.75) is 26.3 Å². The van der Waals surface area contributed by atoms with Crippen molar-refractivity contribution in [1.82, 2.24) is 5.32 Å². The molecule has 2 amide bonds. The SMILES string of the molecule is CC(C)NC(=O)CCN1C(=O)C(=O)c2cccc(F)c21. The van der Waals surface area contributed by atoms with Crippen LogP contribution in [0.4, 0.5) is 10.1 Å². The summed E-state index contributed by atoms with van der Waals surface area (Å²) in [7, 11) is 0. The van der Waals surface area contributed by atoms with E-state index in [-0.39, 0.29) is 36.2 Å². The third kappa shape index (κ3) is 2.54. The van der Waals surface area contributed by atoms with Gasteiger partial charge in [-0.1, -0.05) is 6.07 Å². The molecule has 5 nitrogen and oxygen atoms in total. The highest BCUT2D eigenvalue weighted by Gasteiger charge is 2.37. The number of nitrogens with one attached hydrogen (secondary N) is 1. The minimum atomic E-state index is -0.789. The van der Waals surface area contributed by atoms with Crippen molar-refractivity contribution in [1.29, 1.82) is 0 Å². The Morgan fingerprint density at radius 1 is 1.35 bits per heavy atom. The van der Waals surface area contributed by atoms with Gasteiger partial charge < -0.3 is 10.2 Å². The molecule has 0 radical (unpaired) electrons. The largest absolute Gasteiger partial charge is 0.354 e. The van der Waals surface area contributed by atoms with Gasteiger partial charge in [0, 0.05) is 19.0 Å². The standard InChI is InChI=1S/C14H15FN2O3/c1-8(2)16-11(18)6-7-17-12-9(13(19)14(17)20)4-3-5-10(12)15/h3-5,8H,6-7H2,1-2H3,(H,16,18). The maximum atomic E-state index is 13.8. The molecule has 0 saturated heterocycles. The van der Waals surface area contributed by atoms with Crippen molar-refractivity contribution in [3.05, 3.63) is 29.6 Å². The molecule has 1 aromatic rings. The molecule has 0 unspecified atom stereocenters. The van der Waals surface area contributed by atoms with E-state index in [2.05, 4.69) is 5.32 Å². The van der Waals surface area contributed by atoms with Crippen LogP contribution < -0.4 is 10.2 Å². The quantitative estimate of drug-likeness (QED) is 0.843. The number of Topliss-reactive ketones (excluding diaryl/α,β-unsaturated/α-hetero) is 1. The molecule has 0 aliphatic carbocycles. The van der Waals surface area contributed by atoms with E-state index < -0.39 is 17.5 Å². The molecule has 1 heterocycles. The van der Waals surface area contributed by atoms with E-state index in [1.54, 1.807) is 0 Å². The van der Waals surface area contributed by atoms with Crippen LogP contribution in [-0.4, -0.2) is 30.2 Å². The zero-order valence-electron chi connectivity index (χ0n) is 11.3. The van der Waals surface area contributed by atoms with Crippen LogP contribution in [0.1, 0.15) is 30.6 Å². The highest BCUT2D eigenvalue weighted by atomic mass is 19.1. The third-order valence-electron chi connectivity index (χ3n) is 2.95. The highest BCUT2D eigenvalue weighted by Crippen LogP contribution is 2.31. The fourth-order valence-electron chi connectivity index (χ4n) is 2.13. The summed E-state index contributed by atoms with van der Waals surface area (Å²) in [5, 5.41) is 2.68. The first-order valence-corrected chi connectivity index (χ1v) is 6.36. The Bertz CT molecular complexity index is 584. The molecule has 0 saturated carbocycles. The van der Waals surface area contributed by atoms with Crippen molar-refractivity contribution in [3.8, 4) is 0 Å². The Morgan fingerprint density at radius 3 is 2.70 bits per heavy atom. The minimum absolute atomic E-state index is 0.0116. The molecule has 20 heavy (non-hydrogen) atoms. The second kappa shape index (κ2) is 5.40. The van der Waals surface area contributed by atoms with Gasteiger partial charge in [0.2, 0.25) is 5.91 Å². The van der Waals surface area contributed by atoms with Gasteiger partial charge in [-0.25, -0.2) is 4.39 Å². The van der Waals surface area contributed by atoms with Crippen LogP contribution in [0.3, 0.4) is 0 Å². The summed E-state index contributed by atoms with van der Waals surface area (Å²) in [6.45, 7) is 3.62. The molecule has 1 aromatic carbocycles. The normalized spacial score (nSPS) is 13.9. The zero-order valence-corrected chi connectivity index (χ0v) is 11.3. The lowest BCUT2D eigenvalue weighted by molar-refractivity contribution is -0.121. The third-order valence-corrected chi connectivity index (χ3v) is 2.95. The molecule has 1 aliphatic rings. The Hall–Kier alpha value is -2.24. The molecule has 0 spiro atoms. The number of halogens is 1. The molecule has 106 valence electrons. The van der Waals surface area contributed by atoms with Gasteiger partial charge >= 0.3 is 0 Å². The number of carbonyl (C=O) groups is 3. The molecule has 6 heteroatoms. The van der Waals surface area contributed by atoms with Gasteiger partial charge in [-0.2, -0.15) is 0 Å². The van der Waals surface area contributed by atoms with E-state index in [1.807, 2.05) is 13.8 Å². The summed E-state index contributed by atoms with van der Waals surface area (Å²) in [4.78, 5) is 36.2. The molecule has 1 aliphatic heterocycles. The van der Waals surface area contributed by atoms with Crippen LogP contribution in [0, 0.1) is 5.82 Å². The summed E-state index contributed by atoms with van der Waals surface area (Å²) in [5.74, 6) is -2.40. The number of rotatable bonds is 4. The van der Waals surface area contributed by atoms with Gasteiger partial charge in [-0.3, -0.25) is 14.4 Å². The Kier molecular flexibility index (Phi) is 3.83. The number of carbonyl (C=O) groups excluding carboxylic acids is 3. The van der Waals surface area contributed by atoms with Crippen LogP contribution in [0.25, 0.3) is 0 Å². The van der Waals surface area contributed by atoms with Crippen molar-refractivity contribution >= 4 is 23.3 Å². The number of para-hydroxylation sites is 1. The maximum absolute atomic E-state index is 13.8. The summed E-state index contributed by atoms with van der Waals surface area (Å²) < 4.78 is 13.8. The predicted octanol–water partition coefficient (Wildman–Crippen LogP) is 1.27. The predicted molar refractivity (Wildman–Crippen MR) is 71.0 cm³/mol. The second-order valence-electron chi connectivity index (χ2n) is 4.89. The summed E-state index contributed by atoms with van der Waals surface area (Å²) in [5.41, 5.74) is 0.0270. The van der Waals surface area contributed by atoms with Crippen LogP contribution in [0.5, 0.6) is 0 Å². The van der Waals surface area contributed by atoms with Crippen LogP contribution >= 0.6 is 0 Å². The van der Waals surface area contributed by atoms with Gasteiger partial charge in [-0.15, -0.1) is 0 Å². The van der Waals surface area contributed by atoms with E-state index in [0.29, 0.717) is 0 Å². The monoisotopic (exact) mass is 278 g/mol. The Morgan fingerprint density at radius 2 is 2.05 bits per heavy atom. The van der Waals surface area contributed by atoms with Gasteiger partial charge in [0.15, 0.2) is 0 Å². The van der Waals surface area contributed by atoms with Crippen molar-refractivity contribution in [2.24, 2.45) is 0 Å². The molecular weight excluding hydrogens is 263 g/mol. The molecule has 0 aromatic heterocycles. The average molecular weight is 278 g/mol. The highest BCUT2D eigenvalue weighted by molar-refractivity contribution is 6.52. The van der Waals surface area contributed by atoms with Crippen LogP contribution in [-0.2, 0) is 9.59 Å². The van der Waals surface area contributed by atoms with E-state index in [9.17, 15) is 18.8 Å². The fourth-order valence-corrected chi connectivity index (χ4v) is 2.13. The van der Waals surface area contributed by atoms with Crippen molar-refractivity contribution in [2.75, 3.05) is 11.4 Å². The number of nitrogens with zero attached hydrogens (tertiary/aromatic N) is 1. The van der Waals surface area contributed by atoms with E-state index in [1.165, 1.54) is 18.2 Å². The Balaban J connectivity index is 2.16. The van der Waals surface area contributed by atoms with Gasteiger partial charge in [0.25, 0.3) is 11.7 Å². The second-order valence-corrected chi connectivity index (χ2v) is 4.89. The van der Waals surface area contributed by atoms with E-state index >= 15 is 0 Å². The van der Waals surface area contributed by atoms with Gasteiger partial charge in [0.05, 0.1) is 11.3 Å². The number of amides is 2. The van der Waals surface area contributed by atoms with Gasteiger partial charge in [-0.05, 0) is 26.0 Å². The molecule has 0 atom stereocenters. The number of hydrogen-bond acceptors (Lipinski definition) is 3. The number of fused-ring (bicyclic) bond motifs is 1. The number of anilines is 1. The number of benzene rings is 1. The average Bonchev–Trinajstić information content (AvgIpc) is 2.61. The van der Waals surface area contributed by atoms with Crippen LogP contribution in [0.2, 0.25) is 0 Å². The summed E-state index contributed by atoms with van der Waals surface area (Å²) in [6.07, 6.45) is 0.0188. The van der Waals surface area contributed by atoms with E-state index in [0.717, 1.165) is 4.90 Å². The minimum Gasteiger partial charge on any atom is -0.354 e. The van der Waals surface area contributed by atoms with Gasteiger partial charge in [0.1, 0.15) is 5.82 Å². The number of ketones is 1. The zero-order chi connectivity index (χ0) is 14.9. The maximum Gasteiger partial charge on any atom is 0.299 e. The lowest BCUT2D eigenvalue weighted by atomic mass is 10.1. The summed E-state index contributed by atoms with van der Waals surface area (Å²) >= 11 is 0.